The van der Waals surface area contributed by atoms with Crippen LogP contribution in [0.25, 0.3) is 21.5 Å². The molecule has 0 spiro atoms. The molecule has 0 saturated heterocycles. The third-order valence-corrected chi connectivity index (χ3v) is 10.2. The summed E-state index contributed by atoms with van der Waals surface area (Å²) in [6.07, 6.45) is 0. The van der Waals surface area contributed by atoms with Crippen molar-refractivity contribution in [2.75, 3.05) is 9.62 Å². The number of hydrogen-bond acceptors (Lipinski definition) is 4. The smallest absolute Gasteiger partial charge is 0.268 e. The summed E-state index contributed by atoms with van der Waals surface area (Å²) in [6, 6.07) is 33.4. The van der Waals surface area contributed by atoms with Crippen molar-refractivity contribution in [3.05, 3.63) is 130 Å². The average molecular weight is 656 g/mol. The number of aryl methyl sites for hydroxylation is 1. The van der Waals surface area contributed by atoms with Crippen LogP contribution in [0.5, 0.6) is 5.75 Å². The first-order chi connectivity index (χ1) is 21.3. The van der Waals surface area contributed by atoms with Crippen molar-refractivity contribution in [3.8, 4) is 5.75 Å². The third kappa shape index (κ3) is 5.82. The van der Waals surface area contributed by atoms with Gasteiger partial charge in [-0.1, -0.05) is 116 Å². The van der Waals surface area contributed by atoms with Gasteiger partial charge >= 0.3 is 0 Å². The molecule has 6 aromatic carbocycles. The first-order valence-corrected chi connectivity index (χ1v) is 16.7. The first-order valence-electron chi connectivity index (χ1n) is 14.5. The van der Waals surface area contributed by atoms with Crippen LogP contribution in [0.2, 0.25) is 10.0 Å². The van der Waals surface area contributed by atoms with Gasteiger partial charge in [-0.25, -0.2) is 12.7 Å². The highest BCUT2D eigenvalue weighted by atomic mass is 35.5. The van der Waals surface area contributed by atoms with Gasteiger partial charge in [0.1, 0.15) is 0 Å². The molecule has 0 aliphatic heterocycles. The van der Waals surface area contributed by atoms with Crippen molar-refractivity contribution in [2.45, 2.75) is 38.0 Å². The zero-order valence-corrected chi connectivity index (χ0v) is 27.6. The van der Waals surface area contributed by atoms with Crippen LogP contribution in [0.4, 0.5) is 22.7 Å². The van der Waals surface area contributed by atoms with E-state index in [1.54, 1.807) is 18.2 Å². The molecule has 6 rings (SSSR count). The van der Waals surface area contributed by atoms with Crippen molar-refractivity contribution in [1.82, 2.24) is 0 Å². The number of halogens is 2. The van der Waals surface area contributed by atoms with Crippen molar-refractivity contribution >= 4 is 77.5 Å². The predicted molar refractivity (Wildman–Crippen MR) is 189 cm³/mol. The van der Waals surface area contributed by atoms with Gasteiger partial charge in [0.25, 0.3) is 10.0 Å². The summed E-state index contributed by atoms with van der Waals surface area (Å²) in [7, 11) is -4.28. The summed E-state index contributed by atoms with van der Waals surface area (Å²) in [5.74, 6) is -0.316. The summed E-state index contributed by atoms with van der Waals surface area (Å²) in [5, 5.41) is 17.1. The molecule has 0 bridgehead atoms. The molecular formula is C37H32Cl2N2O3S. The Labute approximate surface area is 273 Å². The summed E-state index contributed by atoms with van der Waals surface area (Å²) < 4.78 is 31.3. The second kappa shape index (κ2) is 11.6. The van der Waals surface area contributed by atoms with Crippen LogP contribution in [0.15, 0.2) is 114 Å². The number of nitrogens with zero attached hydrogens (tertiary/aromatic N) is 1. The molecule has 0 heterocycles. The number of fused-ring (bicyclic) bond motifs is 2. The highest BCUT2D eigenvalue weighted by molar-refractivity contribution is 7.93. The van der Waals surface area contributed by atoms with Crippen LogP contribution in [0.3, 0.4) is 0 Å². The maximum Gasteiger partial charge on any atom is 0.268 e. The standard InChI is InChI=1S/C37H32Cl2N2O3S/c1-23-13-16-26(17-14-23)40-34-22-31(37(2,3)4)35(30-12-8-7-11-29(30)34)41(27-20-32(38)36(42)33(39)21-27)45(43,44)28-18-15-24-9-5-6-10-25(24)19-28/h5-22,40,42H,1-4H3. The Morgan fingerprint density at radius 1 is 0.733 bits per heavy atom. The van der Waals surface area contributed by atoms with Crippen LogP contribution >= 0.6 is 23.2 Å². The third-order valence-electron chi connectivity index (χ3n) is 7.85. The molecule has 228 valence electrons. The first kappa shape index (κ1) is 30.8. The molecular weight excluding hydrogens is 623 g/mol. The maximum absolute atomic E-state index is 15.0. The Hall–Kier alpha value is -4.23. The van der Waals surface area contributed by atoms with E-state index in [4.69, 9.17) is 23.2 Å². The van der Waals surface area contributed by atoms with Gasteiger partial charge in [-0.2, -0.15) is 0 Å². The highest BCUT2D eigenvalue weighted by Crippen LogP contribution is 2.48. The Balaban J connectivity index is 1.69. The predicted octanol–water partition coefficient (Wildman–Crippen LogP) is 10.9. The maximum atomic E-state index is 15.0. The molecule has 6 aromatic rings. The quantitative estimate of drug-likeness (QED) is 0.187. The van der Waals surface area contributed by atoms with Gasteiger partial charge in [0.15, 0.2) is 5.75 Å². The van der Waals surface area contributed by atoms with Gasteiger partial charge < -0.3 is 10.4 Å². The number of sulfonamides is 1. The van der Waals surface area contributed by atoms with Gasteiger partial charge in [0, 0.05) is 22.1 Å². The molecule has 0 unspecified atom stereocenters. The Morgan fingerprint density at radius 2 is 1.33 bits per heavy atom. The molecule has 0 aromatic heterocycles. The normalized spacial score (nSPS) is 12.0. The Kier molecular flexibility index (Phi) is 7.94. The van der Waals surface area contributed by atoms with E-state index < -0.39 is 15.4 Å². The summed E-state index contributed by atoms with van der Waals surface area (Å²) in [5.41, 5.74) is 3.84. The van der Waals surface area contributed by atoms with E-state index in [0.717, 1.165) is 38.7 Å². The van der Waals surface area contributed by atoms with Crippen molar-refractivity contribution < 1.29 is 13.5 Å². The van der Waals surface area contributed by atoms with Crippen molar-refractivity contribution in [3.63, 3.8) is 0 Å². The van der Waals surface area contributed by atoms with Crippen LogP contribution in [-0.2, 0) is 15.4 Å². The number of phenolic OH excluding ortho intramolecular Hbond substituents is 1. The summed E-state index contributed by atoms with van der Waals surface area (Å²) in [4.78, 5) is 0.104. The number of benzene rings is 6. The number of hydrogen-bond donors (Lipinski definition) is 2. The number of phenols is 1. The van der Waals surface area contributed by atoms with E-state index in [-0.39, 0.29) is 26.4 Å². The van der Waals surface area contributed by atoms with Crippen LogP contribution in [0.1, 0.15) is 31.9 Å². The Bertz CT molecular complexity index is 2170. The van der Waals surface area contributed by atoms with Gasteiger partial charge in [-0.3, -0.25) is 0 Å². The minimum absolute atomic E-state index is 0.0597. The molecule has 0 amide bonds. The number of anilines is 4. The van der Waals surface area contributed by atoms with Gasteiger partial charge in [0.05, 0.1) is 26.3 Å². The van der Waals surface area contributed by atoms with Gasteiger partial charge in [0.2, 0.25) is 0 Å². The van der Waals surface area contributed by atoms with Crippen LogP contribution < -0.4 is 9.62 Å². The van der Waals surface area contributed by atoms with Gasteiger partial charge in [-0.15, -0.1) is 0 Å². The highest BCUT2D eigenvalue weighted by Gasteiger charge is 2.34. The lowest BCUT2D eigenvalue weighted by Gasteiger charge is -2.33. The molecule has 0 fully saturated rings. The van der Waals surface area contributed by atoms with Crippen LogP contribution in [0, 0.1) is 6.92 Å². The molecule has 45 heavy (non-hydrogen) atoms. The molecule has 0 saturated carbocycles. The fourth-order valence-electron chi connectivity index (χ4n) is 5.54. The summed E-state index contributed by atoms with van der Waals surface area (Å²) in [6.45, 7) is 8.19. The lowest BCUT2D eigenvalue weighted by molar-refractivity contribution is 0.476. The van der Waals surface area contributed by atoms with E-state index in [1.807, 2.05) is 107 Å². The van der Waals surface area contributed by atoms with Crippen LogP contribution in [-0.4, -0.2) is 13.5 Å². The molecule has 2 N–H and O–H groups in total. The number of nitrogens with one attached hydrogen (secondary N) is 1. The minimum Gasteiger partial charge on any atom is -0.505 e. The topological polar surface area (TPSA) is 69.6 Å². The minimum atomic E-state index is -4.28. The average Bonchev–Trinajstić information content (AvgIpc) is 3.01. The number of rotatable bonds is 6. The fraction of sp³-hybridized carbons (Fsp3) is 0.135. The Morgan fingerprint density at radius 3 is 1.98 bits per heavy atom. The monoisotopic (exact) mass is 654 g/mol. The van der Waals surface area contributed by atoms with Crippen molar-refractivity contribution in [2.24, 2.45) is 0 Å². The van der Waals surface area contributed by atoms with E-state index >= 15 is 0 Å². The largest absolute Gasteiger partial charge is 0.505 e. The SMILES string of the molecule is Cc1ccc(Nc2cc(C(C)(C)C)c(N(c3cc(Cl)c(O)c(Cl)c3)S(=O)(=O)c3ccc4ccccc4c3)c3ccccc23)cc1. The van der Waals surface area contributed by atoms with E-state index in [1.165, 1.54) is 16.4 Å². The number of aromatic hydroxyl groups is 1. The lowest BCUT2D eigenvalue weighted by atomic mass is 9.83. The zero-order chi connectivity index (χ0) is 32.1. The molecule has 0 aliphatic rings. The fourth-order valence-corrected chi connectivity index (χ4v) is 7.56. The van der Waals surface area contributed by atoms with Crippen molar-refractivity contribution in [1.29, 1.82) is 0 Å². The van der Waals surface area contributed by atoms with E-state index in [2.05, 4.69) is 5.32 Å². The molecule has 5 nitrogen and oxygen atoms in total. The molecule has 8 heteroatoms. The zero-order valence-electron chi connectivity index (χ0n) is 25.3. The van der Waals surface area contributed by atoms with Gasteiger partial charge in [-0.05, 0) is 71.1 Å². The summed E-state index contributed by atoms with van der Waals surface area (Å²) >= 11 is 12.9. The molecule has 0 atom stereocenters. The van der Waals surface area contributed by atoms with E-state index in [0.29, 0.717) is 11.1 Å². The molecule has 0 aliphatic carbocycles. The second-order valence-corrected chi connectivity index (χ2v) is 14.7. The molecule has 0 radical (unpaired) electrons. The second-order valence-electron chi connectivity index (χ2n) is 12.1. The van der Waals surface area contributed by atoms with E-state index in [9.17, 15) is 13.5 Å². The lowest BCUT2D eigenvalue weighted by Crippen LogP contribution is -2.29.